The van der Waals surface area contributed by atoms with Crippen molar-refractivity contribution in [2.45, 2.75) is 25.4 Å². The van der Waals surface area contributed by atoms with Gasteiger partial charge in [-0.25, -0.2) is 0 Å². The summed E-state index contributed by atoms with van der Waals surface area (Å²) in [6.45, 7) is 1.94. The smallest absolute Gasteiger partial charge is 0.453 e. The summed E-state index contributed by atoms with van der Waals surface area (Å²) < 4.78 is 44.8. The van der Waals surface area contributed by atoms with E-state index in [1.807, 2.05) is 31.2 Å². The van der Waals surface area contributed by atoms with E-state index in [-0.39, 0.29) is 17.6 Å². The number of alkyl halides is 3. The molecule has 2 heterocycles. The van der Waals surface area contributed by atoms with Gasteiger partial charge in [-0.2, -0.15) is 17.8 Å². The number of hydrogen-bond donors (Lipinski definition) is 0. The van der Waals surface area contributed by atoms with Crippen LogP contribution in [0.15, 0.2) is 29.4 Å². The van der Waals surface area contributed by atoms with Crippen LogP contribution in [0.2, 0.25) is 0 Å². The third-order valence-electron chi connectivity index (χ3n) is 3.54. The van der Waals surface area contributed by atoms with E-state index in [9.17, 15) is 13.2 Å². The molecular formula is C14H13F3N4O. The molecule has 22 heavy (non-hydrogen) atoms. The van der Waals surface area contributed by atoms with Crippen LogP contribution in [0.3, 0.4) is 0 Å². The van der Waals surface area contributed by atoms with Crippen LogP contribution in [0.4, 0.5) is 13.2 Å². The highest BCUT2D eigenvalue weighted by atomic mass is 19.4. The van der Waals surface area contributed by atoms with Crippen LogP contribution < -0.4 is 0 Å². The maximum Gasteiger partial charge on any atom is 0.453 e. The van der Waals surface area contributed by atoms with E-state index in [4.69, 9.17) is 4.74 Å². The van der Waals surface area contributed by atoms with Crippen molar-refractivity contribution >= 4 is 5.90 Å². The number of methoxy groups -OCH3 is 1. The Bertz CT molecular complexity index is 719. The Balaban J connectivity index is 2.11. The number of aromatic nitrogens is 3. The van der Waals surface area contributed by atoms with E-state index < -0.39 is 12.0 Å². The largest absolute Gasteiger partial charge is 0.483 e. The number of rotatable bonds is 1. The van der Waals surface area contributed by atoms with E-state index in [1.165, 1.54) is 7.11 Å². The second-order valence-electron chi connectivity index (χ2n) is 5.06. The lowest BCUT2D eigenvalue weighted by molar-refractivity contribution is -0.147. The Morgan fingerprint density at radius 1 is 1.18 bits per heavy atom. The Hall–Kier alpha value is -2.38. The molecule has 0 N–H and O–H groups in total. The molecular weight excluding hydrogens is 297 g/mol. The van der Waals surface area contributed by atoms with Crippen molar-refractivity contribution in [3.05, 3.63) is 47.0 Å². The van der Waals surface area contributed by atoms with E-state index in [1.54, 1.807) is 0 Å². The van der Waals surface area contributed by atoms with Crippen molar-refractivity contribution in [1.29, 1.82) is 0 Å². The predicted octanol–water partition coefficient (Wildman–Crippen LogP) is 2.95. The zero-order chi connectivity index (χ0) is 15.9. The molecule has 116 valence electrons. The molecule has 0 saturated carbocycles. The average Bonchev–Trinajstić information content (AvgIpc) is 2.91. The van der Waals surface area contributed by atoms with Gasteiger partial charge in [0.05, 0.1) is 13.0 Å². The standard InChI is InChI=1S/C14H13F3N4O/c1-8-3-5-9(6-4-8)10-7-11(22-2)20-21-12(10)18-19-13(21)14(15,16)17/h3-6,10H,7H2,1-2H3. The van der Waals surface area contributed by atoms with Gasteiger partial charge in [-0.3, -0.25) is 0 Å². The summed E-state index contributed by atoms with van der Waals surface area (Å²) in [7, 11) is 1.38. The summed E-state index contributed by atoms with van der Waals surface area (Å²) >= 11 is 0. The van der Waals surface area contributed by atoms with Crippen LogP contribution in [-0.2, 0) is 10.9 Å². The van der Waals surface area contributed by atoms with Crippen LogP contribution >= 0.6 is 0 Å². The summed E-state index contributed by atoms with van der Waals surface area (Å²) in [6, 6.07) is 7.54. The number of ether oxygens (including phenoxy) is 1. The van der Waals surface area contributed by atoms with Crippen molar-refractivity contribution in [3.63, 3.8) is 0 Å². The van der Waals surface area contributed by atoms with Gasteiger partial charge in [0, 0.05) is 6.42 Å². The van der Waals surface area contributed by atoms with Crippen LogP contribution in [0.1, 0.15) is 35.1 Å². The molecule has 0 spiro atoms. The predicted molar refractivity (Wildman–Crippen MR) is 72.5 cm³/mol. The molecule has 0 saturated heterocycles. The van der Waals surface area contributed by atoms with E-state index in [0.717, 1.165) is 15.8 Å². The minimum absolute atomic E-state index is 0.164. The van der Waals surface area contributed by atoms with E-state index >= 15 is 0 Å². The van der Waals surface area contributed by atoms with Crippen molar-refractivity contribution < 1.29 is 17.9 Å². The van der Waals surface area contributed by atoms with Gasteiger partial charge in [-0.05, 0) is 12.5 Å². The van der Waals surface area contributed by atoms with Crippen molar-refractivity contribution in [2.24, 2.45) is 5.10 Å². The quantitative estimate of drug-likeness (QED) is 0.814. The Morgan fingerprint density at radius 3 is 2.45 bits per heavy atom. The van der Waals surface area contributed by atoms with Crippen molar-refractivity contribution in [1.82, 2.24) is 14.9 Å². The third kappa shape index (κ3) is 2.44. The normalized spacial score (nSPS) is 17.9. The maximum atomic E-state index is 13.0. The fourth-order valence-corrected chi connectivity index (χ4v) is 2.39. The minimum atomic E-state index is -4.62. The topological polar surface area (TPSA) is 52.3 Å². The van der Waals surface area contributed by atoms with Crippen LogP contribution in [0.25, 0.3) is 0 Å². The van der Waals surface area contributed by atoms with Crippen molar-refractivity contribution in [3.8, 4) is 0 Å². The highest BCUT2D eigenvalue weighted by molar-refractivity contribution is 5.78. The zero-order valence-corrected chi connectivity index (χ0v) is 11.9. The molecule has 0 radical (unpaired) electrons. The van der Waals surface area contributed by atoms with Gasteiger partial charge in [0.1, 0.15) is 0 Å². The number of hydrogen-bond acceptors (Lipinski definition) is 4. The van der Waals surface area contributed by atoms with Crippen LogP contribution in [0, 0.1) is 6.92 Å². The summed E-state index contributed by atoms with van der Waals surface area (Å²) in [4.78, 5) is 0. The number of fused-ring (bicyclic) bond motifs is 1. The summed E-state index contributed by atoms with van der Waals surface area (Å²) in [5, 5.41) is 10.8. The zero-order valence-electron chi connectivity index (χ0n) is 11.9. The molecule has 1 aromatic heterocycles. The van der Waals surface area contributed by atoms with Gasteiger partial charge >= 0.3 is 6.18 Å². The first-order valence-electron chi connectivity index (χ1n) is 6.61. The highest BCUT2D eigenvalue weighted by Gasteiger charge is 2.41. The molecule has 1 atom stereocenters. The third-order valence-corrected chi connectivity index (χ3v) is 3.54. The molecule has 8 heteroatoms. The molecule has 1 unspecified atom stereocenters. The average molecular weight is 310 g/mol. The molecule has 5 nitrogen and oxygen atoms in total. The first kappa shape index (κ1) is 14.6. The SMILES string of the molecule is COC1=Nn2c(nnc2C(F)(F)F)C(c2ccc(C)cc2)C1. The molecule has 2 aromatic rings. The van der Waals surface area contributed by atoms with E-state index in [0.29, 0.717) is 6.42 Å². The van der Waals surface area contributed by atoms with Gasteiger partial charge in [-0.15, -0.1) is 15.3 Å². The second kappa shape index (κ2) is 5.11. The van der Waals surface area contributed by atoms with Crippen LogP contribution in [0.5, 0.6) is 0 Å². The Kier molecular flexibility index (Phi) is 3.38. The number of nitrogens with zero attached hydrogens (tertiary/aromatic N) is 4. The maximum absolute atomic E-state index is 13.0. The molecule has 1 aliphatic rings. The van der Waals surface area contributed by atoms with Gasteiger partial charge in [-0.1, -0.05) is 29.8 Å². The molecule has 0 amide bonds. The fourth-order valence-electron chi connectivity index (χ4n) is 2.39. The molecule has 0 aliphatic carbocycles. The van der Waals surface area contributed by atoms with Gasteiger partial charge in [0.2, 0.25) is 5.90 Å². The first-order valence-corrected chi connectivity index (χ1v) is 6.61. The van der Waals surface area contributed by atoms with E-state index in [2.05, 4.69) is 15.3 Å². The van der Waals surface area contributed by atoms with Crippen molar-refractivity contribution in [2.75, 3.05) is 7.11 Å². The first-order chi connectivity index (χ1) is 10.4. The van der Waals surface area contributed by atoms with Gasteiger partial charge < -0.3 is 4.74 Å². The summed E-state index contributed by atoms with van der Waals surface area (Å²) in [5.74, 6) is -1.15. The highest BCUT2D eigenvalue weighted by Crippen LogP contribution is 2.35. The van der Waals surface area contributed by atoms with Gasteiger partial charge in [0.25, 0.3) is 5.82 Å². The molecule has 3 rings (SSSR count). The monoisotopic (exact) mass is 310 g/mol. The molecule has 0 fully saturated rings. The number of halogens is 3. The molecule has 1 aromatic carbocycles. The Morgan fingerprint density at radius 2 is 1.86 bits per heavy atom. The number of aryl methyl sites for hydroxylation is 1. The molecule has 0 bridgehead atoms. The second-order valence-corrected chi connectivity index (χ2v) is 5.06. The lowest BCUT2D eigenvalue weighted by atomic mass is 9.93. The summed E-state index contributed by atoms with van der Waals surface area (Å²) in [6.07, 6.45) is -4.28. The lowest BCUT2D eigenvalue weighted by Gasteiger charge is -2.22. The molecule has 1 aliphatic heterocycles. The van der Waals surface area contributed by atoms with Crippen LogP contribution in [-0.4, -0.2) is 27.9 Å². The lowest BCUT2D eigenvalue weighted by Crippen LogP contribution is -2.23. The minimum Gasteiger partial charge on any atom is -0.483 e. The van der Waals surface area contributed by atoms with Gasteiger partial charge in [0.15, 0.2) is 5.82 Å². The number of benzene rings is 1. The summed E-state index contributed by atoms with van der Waals surface area (Å²) in [5.41, 5.74) is 1.91. The Labute approximate surface area is 124 Å². The fraction of sp³-hybridized carbons (Fsp3) is 0.357.